The van der Waals surface area contributed by atoms with Gasteiger partial charge < -0.3 is 9.73 Å². The van der Waals surface area contributed by atoms with Crippen molar-refractivity contribution in [3.05, 3.63) is 17.8 Å². The molecule has 3 nitrogen and oxygen atoms in total. The number of thioether (sulfide) groups is 1. The molecular weight excluding hydrogens is 232 g/mol. The molecule has 96 valence electrons. The van der Waals surface area contributed by atoms with E-state index in [4.69, 9.17) is 4.42 Å². The second kappa shape index (κ2) is 6.45. The number of aromatic nitrogens is 1. The van der Waals surface area contributed by atoms with Crippen molar-refractivity contribution >= 4 is 11.8 Å². The second-order valence-corrected chi connectivity index (χ2v) is 6.15. The van der Waals surface area contributed by atoms with Gasteiger partial charge in [0.2, 0.25) is 5.89 Å². The minimum absolute atomic E-state index is 0.626. The summed E-state index contributed by atoms with van der Waals surface area (Å²) in [7, 11) is 0. The number of rotatable bonds is 5. The summed E-state index contributed by atoms with van der Waals surface area (Å²) in [5.41, 5.74) is 0. The number of oxazole rings is 1. The summed E-state index contributed by atoms with van der Waals surface area (Å²) >= 11 is 2.09. The van der Waals surface area contributed by atoms with E-state index in [2.05, 4.69) is 29.0 Å². The average Bonchev–Trinajstić information content (AvgIpc) is 2.74. The van der Waals surface area contributed by atoms with Crippen LogP contribution in [0.15, 0.2) is 10.6 Å². The van der Waals surface area contributed by atoms with Gasteiger partial charge in [-0.05, 0) is 25.5 Å². The molecule has 1 aliphatic rings. The molecule has 0 aromatic carbocycles. The summed E-state index contributed by atoms with van der Waals surface area (Å²) < 4.78 is 5.49. The number of nitrogens with one attached hydrogen (secondary N) is 1. The lowest BCUT2D eigenvalue weighted by atomic mass is 9.95. The van der Waals surface area contributed by atoms with Gasteiger partial charge in [0.1, 0.15) is 5.76 Å². The zero-order chi connectivity index (χ0) is 12.1. The molecule has 0 aliphatic heterocycles. The van der Waals surface area contributed by atoms with Gasteiger partial charge in [0, 0.05) is 11.3 Å². The van der Waals surface area contributed by atoms with E-state index in [-0.39, 0.29) is 0 Å². The van der Waals surface area contributed by atoms with Crippen molar-refractivity contribution in [1.82, 2.24) is 10.3 Å². The van der Waals surface area contributed by atoms with Gasteiger partial charge in [-0.1, -0.05) is 19.8 Å². The molecule has 1 heterocycles. The van der Waals surface area contributed by atoms with Crippen molar-refractivity contribution in [3.63, 3.8) is 0 Å². The molecule has 17 heavy (non-hydrogen) atoms. The highest BCUT2D eigenvalue weighted by atomic mass is 32.2. The molecule has 2 rings (SSSR count). The van der Waals surface area contributed by atoms with Crippen molar-refractivity contribution in [1.29, 1.82) is 0 Å². The lowest BCUT2D eigenvalue weighted by Gasteiger charge is -2.31. The Morgan fingerprint density at radius 2 is 2.29 bits per heavy atom. The van der Waals surface area contributed by atoms with Crippen LogP contribution in [0.3, 0.4) is 0 Å². The smallest absolute Gasteiger partial charge is 0.208 e. The second-order valence-electron chi connectivity index (χ2n) is 4.63. The van der Waals surface area contributed by atoms with Crippen LogP contribution >= 0.6 is 11.8 Å². The van der Waals surface area contributed by atoms with Crippen molar-refractivity contribution in [2.75, 3.05) is 5.75 Å². The minimum Gasteiger partial charge on any atom is -0.445 e. The molecule has 0 spiro atoms. The Morgan fingerprint density at radius 3 is 3.00 bits per heavy atom. The molecule has 1 N–H and O–H groups in total. The van der Waals surface area contributed by atoms with E-state index in [1.165, 1.54) is 31.4 Å². The third-order valence-electron chi connectivity index (χ3n) is 3.27. The zero-order valence-electron chi connectivity index (χ0n) is 10.7. The highest BCUT2D eigenvalue weighted by Gasteiger charge is 2.24. The summed E-state index contributed by atoms with van der Waals surface area (Å²) in [6.45, 7) is 4.94. The molecule has 1 aromatic heterocycles. The molecule has 0 bridgehead atoms. The summed E-state index contributed by atoms with van der Waals surface area (Å²) in [5.74, 6) is 2.92. The standard InChI is InChI=1S/C13H22N2OS/c1-3-17-12-7-5-4-6-11(12)14-9-13-15-8-10(2)16-13/h8,11-12,14H,3-7,9H2,1-2H3/t11-,12+/m0/s1. The average molecular weight is 254 g/mol. The van der Waals surface area contributed by atoms with Crippen LogP contribution in [-0.4, -0.2) is 22.0 Å². The van der Waals surface area contributed by atoms with Crippen molar-refractivity contribution < 1.29 is 4.42 Å². The quantitative estimate of drug-likeness (QED) is 0.876. The number of hydrogen-bond donors (Lipinski definition) is 1. The van der Waals surface area contributed by atoms with Gasteiger partial charge in [-0.3, -0.25) is 0 Å². The SMILES string of the molecule is CCS[C@@H]1CCCC[C@@H]1NCc1ncc(C)o1. The normalized spacial score (nSPS) is 25.1. The van der Waals surface area contributed by atoms with Crippen molar-refractivity contribution in [2.45, 2.75) is 57.4 Å². The Kier molecular flexibility index (Phi) is 4.92. The van der Waals surface area contributed by atoms with Crippen LogP contribution in [0.4, 0.5) is 0 Å². The molecule has 1 aromatic rings. The molecule has 1 saturated carbocycles. The Morgan fingerprint density at radius 1 is 1.47 bits per heavy atom. The molecule has 4 heteroatoms. The lowest BCUT2D eigenvalue weighted by molar-refractivity contribution is 0.358. The van der Waals surface area contributed by atoms with Gasteiger partial charge in [-0.25, -0.2) is 4.98 Å². The van der Waals surface area contributed by atoms with Crippen molar-refractivity contribution in [2.24, 2.45) is 0 Å². The van der Waals surface area contributed by atoms with E-state index in [1.807, 2.05) is 6.92 Å². The maximum atomic E-state index is 5.49. The first-order valence-electron chi connectivity index (χ1n) is 6.56. The first-order chi connectivity index (χ1) is 8.29. The molecule has 1 aliphatic carbocycles. The first kappa shape index (κ1) is 13.0. The summed E-state index contributed by atoms with van der Waals surface area (Å²) in [6.07, 6.45) is 7.16. The van der Waals surface area contributed by atoms with Crippen LogP contribution in [0.2, 0.25) is 0 Å². The van der Waals surface area contributed by atoms with Gasteiger partial charge in [-0.2, -0.15) is 11.8 Å². The maximum Gasteiger partial charge on any atom is 0.208 e. The van der Waals surface area contributed by atoms with Gasteiger partial charge in [-0.15, -0.1) is 0 Å². The summed E-state index contributed by atoms with van der Waals surface area (Å²) in [6, 6.07) is 0.626. The van der Waals surface area contributed by atoms with Gasteiger partial charge in [0.15, 0.2) is 0 Å². The fourth-order valence-corrected chi connectivity index (χ4v) is 3.67. The monoisotopic (exact) mass is 254 g/mol. The Hall–Kier alpha value is -0.480. The molecule has 0 radical (unpaired) electrons. The van der Waals surface area contributed by atoms with Crippen LogP contribution in [0.25, 0.3) is 0 Å². The number of nitrogens with zero attached hydrogens (tertiary/aromatic N) is 1. The van der Waals surface area contributed by atoms with Gasteiger partial charge >= 0.3 is 0 Å². The third kappa shape index (κ3) is 3.75. The van der Waals surface area contributed by atoms with E-state index < -0.39 is 0 Å². The maximum absolute atomic E-state index is 5.49. The van der Waals surface area contributed by atoms with Crippen LogP contribution in [0.5, 0.6) is 0 Å². The van der Waals surface area contributed by atoms with Crippen LogP contribution in [0, 0.1) is 6.92 Å². The molecule has 0 amide bonds. The highest BCUT2D eigenvalue weighted by Crippen LogP contribution is 2.28. The largest absolute Gasteiger partial charge is 0.445 e. The lowest BCUT2D eigenvalue weighted by Crippen LogP contribution is -2.40. The minimum atomic E-state index is 0.626. The Balaban J connectivity index is 1.83. The fourth-order valence-electron chi connectivity index (χ4n) is 2.45. The molecule has 0 saturated heterocycles. The van der Waals surface area contributed by atoms with E-state index in [0.29, 0.717) is 6.04 Å². The Bertz CT molecular complexity index is 338. The Labute approximate surface area is 108 Å². The van der Waals surface area contributed by atoms with Crippen LogP contribution in [-0.2, 0) is 6.54 Å². The number of hydrogen-bond acceptors (Lipinski definition) is 4. The molecular formula is C13H22N2OS. The van der Waals surface area contributed by atoms with E-state index in [0.717, 1.165) is 23.4 Å². The fraction of sp³-hybridized carbons (Fsp3) is 0.769. The van der Waals surface area contributed by atoms with E-state index in [1.54, 1.807) is 6.20 Å². The van der Waals surface area contributed by atoms with Crippen LogP contribution in [0.1, 0.15) is 44.3 Å². The van der Waals surface area contributed by atoms with Gasteiger partial charge in [0.05, 0.1) is 12.7 Å². The highest BCUT2D eigenvalue weighted by molar-refractivity contribution is 7.99. The van der Waals surface area contributed by atoms with E-state index >= 15 is 0 Å². The first-order valence-corrected chi connectivity index (χ1v) is 7.60. The predicted octanol–water partition coefficient (Wildman–Crippen LogP) is 3.14. The van der Waals surface area contributed by atoms with E-state index in [9.17, 15) is 0 Å². The van der Waals surface area contributed by atoms with Crippen molar-refractivity contribution in [3.8, 4) is 0 Å². The van der Waals surface area contributed by atoms with Crippen LogP contribution < -0.4 is 5.32 Å². The molecule has 2 atom stereocenters. The van der Waals surface area contributed by atoms with Gasteiger partial charge in [0.25, 0.3) is 0 Å². The summed E-state index contributed by atoms with van der Waals surface area (Å²) in [4.78, 5) is 4.24. The third-order valence-corrected chi connectivity index (χ3v) is 4.59. The summed E-state index contributed by atoms with van der Waals surface area (Å²) in [5, 5.41) is 4.38. The molecule has 0 unspecified atom stereocenters. The predicted molar refractivity (Wildman–Crippen MR) is 72.3 cm³/mol. The molecule has 1 fully saturated rings. The number of aryl methyl sites for hydroxylation is 1. The topological polar surface area (TPSA) is 38.1 Å². The zero-order valence-corrected chi connectivity index (χ0v) is 11.6.